The molecule has 68 valence electrons. The number of nitrogens with two attached hydrogens (primary N) is 3. The van der Waals surface area contributed by atoms with E-state index in [9.17, 15) is 4.79 Å². The molecule has 5 nitrogen and oxygen atoms in total. The average Bonchev–Trinajstić information content (AvgIpc) is 2.03. The van der Waals surface area contributed by atoms with Gasteiger partial charge in [-0.1, -0.05) is 12.1 Å². The van der Waals surface area contributed by atoms with E-state index in [1.165, 1.54) is 0 Å². The monoisotopic (exact) mass is 178 g/mol. The Balaban J connectivity index is 3.03. The van der Waals surface area contributed by atoms with Gasteiger partial charge in [0.1, 0.15) is 0 Å². The highest BCUT2D eigenvalue weighted by Gasteiger charge is 2.06. The van der Waals surface area contributed by atoms with Gasteiger partial charge in [-0.05, 0) is 12.1 Å². The second-order valence-corrected chi connectivity index (χ2v) is 2.43. The van der Waals surface area contributed by atoms with Gasteiger partial charge in [0.2, 0.25) is 0 Å². The molecule has 0 aliphatic heterocycles. The van der Waals surface area contributed by atoms with E-state index in [1.54, 1.807) is 24.3 Å². The number of anilines is 1. The van der Waals surface area contributed by atoms with Crippen molar-refractivity contribution >= 4 is 17.6 Å². The van der Waals surface area contributed by atoms with E-state index in [1.807, 2.05) is 0 Å². The number of rotatable bonds is 1. The molecule has 6 N–H and O–H groups in total. The summed E-state index contributed by atoms with van der Waals surface area (Å²) < 4.78 is 0. The number of guanidine groups is 1. The molecule has 0 radical (unpaired) electrons. The highest BCUT2D eigenvalue weighted by Crippen LogP contribution is 2.11. The van der Waals surface area contributed by atoms with Crippen LogP contribution in [0.2, 0.25) is 0 Å². The van der Waals surface area contributed by atoms with Crippen LogP contribution in [0.15, 0.2) is 29.3 Å². The number of carbonyl (C=O) groups is 1. The zero-order valence-corrected chi connectivity index (χ0v) is 6.90. The van der Waals surface area contributed by atoms with Crippen LogP contribution in [0.4, 0.5) is 5.69 Å². The van der Waals surface area contributed by atoms with Gasteiger partial charge in [-0.15, -0.1) is 0 Å². The van der Waals surface area contributed by atoms with Crippen molar-refractivity contribution in [2.24, 2.45) is 16.5 Å². The second-order valence-electron chi connectivity index (χ2n) is 2.43. The molecule has 0 heterocycles. The fourth-order valence-corrected chi connectivity index (χ4v) is 0.869. The summed E-state index contributed by atoms with van der Waals surface area (Å²) in [7, 11) is 0. The Hall–Kier alpha value is -2.04. The molecule has 0 spiro atoms. The standard InChI is InChI=1S/C8H10N4O/c9-6-4-2-1-3-5(6)7(13)12-8(10)11/h1-4H,9H2,(H4,10,11,12,13). The van der Waals surface area contributed by atoms with E-state index in [4.69, 9.17) is 17.2 Å². The summed E-state index contributed by atoms with van der Waals surface area (Å²) >= 11 is 0. The van der Waals surface area contributed by atoms with Crippen LogP contribution < -0.4 is 17.2 Å². The minimum atomic E-state index is -0.530. The Morgan fingerprint density at radius 2 is 1.85 bits per heavy atom. The van der Waals surface area contributed by atoms with E-state index in [-0.39, 0.29) is 5.96 Å². The number of nitrogens with zero attached hydrogens (tertiary/aromatic N) is 1. The van der Waals surface area contributed by atoms with Gasteiger partial charge in [-0.25, -0.2) is 0 Å². The Kier molecular flexibility index (Phi) is 2.49. The summed E-state index contributed by atoms with van der Waals surface area (Å²) in [5.41, 5.74) is 16.3. The highest BCUT2D eigenvalue weighted by molar-refractivity contribution is 6.05. The van der Waals surface area contributed by atoms with E-state index >= 15 is 0 Å². The first kappa shape index (κ1) is 9.05. The lowest BCUT2D eigenvalue weighted by Crippen LogP contribution is -2.24. The van der Waals surface area contributed by atoms with Gasteiger partial charge in [-0.2, -0.15) is 4.99 Å². The molecular weight excluding hydrogens is 168 g/mol. The molecule has 0 saturated heterocycles. The third-order valence-electron chi connectivity index (χ3n) is 1.42. The van der Waals surface area contributed by atoms with Crippen LogP contribution >= 0.6 is 0 Å². The van der Waals surface area contributed by atoms with Crippen LogP contribution in [0.1, 0.15) is 10.4 Å². The number of carbonyl (C=O) groups excluding carboxylic acids is 1. The molecule has 0 aromatic heterocycles. The van der Waals surface area contributed by atoms with E-state index in [2.05, 4.69) is 4.99 Å². The lowest BCUT2D eigenvalue weighted by molar-refractivity contribution is 0.100. The van der Waals surface area contributed by atoms with Crippen molar-refractivity contribution in [3.05, 3.63) is 29.8 Å². The summed E-state index contributed by atoms with van der Waals surface area (Å²) in [6, 6.07) is 6.58. The van der Waals surface area contributed by atoms with Gasteiger partial charge < -0.3 is 17.2 Å². The second kappa shape index (κ2) is 3.57. The number of para-hydroxylation sites is 1. The minimum absolute atomic E-state index is 0.270. The maximum Gasteiger partial charge on any atom is 0.282 e. The number of benzene rings is 1. The highest BCUT2D eigenvalue weighted by atomic mass is 16.1. The van der Waals surface area contributed by atoms with Crippen molar-refractivity contribution in [3.63, 3.8) is 0 Å². The van der Waals surface area contributed by atoms with Gasteiger partial charge in [0.25, 0.3) is 5.91 Å². The first-order valence-corrected chi connectivity index (χ1v) is 3.59. The van der Waals surface area contributed by atoms with Crippen molar-refractivity contribution < 1.29 is 4.79 Å². The molecular formula is C8H10N4O. The first-order chi connectivity index (χ1) is 6.11. The molecule has 5 heteroatoms. The molecule has 0 saturated carbocycles. The van der Waals surface area contributed by atoms with E-state index in [0.29, 0.717) is 11.3 Å². The summed E-state index contributed by atoms with van der Waals surface area (Å²) in [6.45, 7) is 0. The Bertz CT molecular complexity index is 355. The van der Waals surface area contributed by atoms with E-state index < -0.39 is 5.91 Å². The zero-order valence-electron chi connectivity index (χ0n) is 6.90. The van der Waals surface area contributed by atoms with Gasteiger partial charge in [-0.3, -0.25) is 4.79 Å². The Labute approximate surface area is 75.2 Å². The number of hydrogen-bond donors (Lipinski definition) is 3. The van der Waals surface area contributed by atoms with Crippen LogP contribution in [0.25, 0.3) is 0 Å². The lowest BCUT2D eigenvalue weighted by atomic mass is 10.2. The predicted molar refractivity (Wildman–Crippen MR) is 51.0 cm³/mol. The van der Waals surface area contributed by atoms with Crippen molar-refractivity contribution in [1.29, 1.82) is 0 Å². The molecule has 1 aromatic carbocycles. The van der Waals surface area contributed by atoms with Crippen molar-refractivity contribution in [1.82, 2.24) is 0 Å². The molecule has 0 aliphatic carbocycles. The molecule has 0 fully saturated rings. The van der Waals surface area contributed by atoms with Gasteiger partial charge in [0, 0.05) is 5.69 Å². The van der Waals surface area contributed by atoms with Crippen LogP contribution in [-0.2, 0) is 0 Å². The lowest BCUT2D eigenvalue weighted by Gasteiger charge is -1.99. The maximum absolute atomic E-state index is 11.2. The summed E-state index contributed by atoms with van der Waals surface area (Å²) in [4.78, 5) is 14.6. The number of nitrogen functional groups attached to an aromatic ring is 1. The predicted octanol–water partition coefficient (Wildman–Crippen LogP) is -0.318. The molecule has 1 aromatic rings. The Morgan fingerprint density at radius 1 is 1.23 bits per heavy atom. The largest absolute Gasteiger partial charge is 0.398 e. The summed E-state index contributed by atoms with van der Waals surface area (Å²) in [5.74, 6) is -0.800. The zero-order chi connectivity index (χ0) is 9.84. The van der Waals surface area contributed by atoms with E-state index in [0.717, 1.165) is 0 Å². The van der Waals surface area contributed by atoms with Crippen molar-refractivity contribution in [3.8, 4) is 0 Å². The average molecular weight is 178 g/mol. The van der Waals surface area contributed by atoms with Crippen LogP contribution in [0.3, 0.4) is 0 Å². The Morgan fingerprint density at radius 3 is 2.38 bits per heavy atom. The maximum atomic E-state index is 11.2. The normalized spacial score (nSPS) is 9.23. The number of amides is 1. The molecule has 1 rings (SSSR count). The van der Waals surface area contributed by atoms with Crippen LogP contribution in [0, 0.1) is 0 Å². The quantitative estimate of drug-likeness (QED) is 0.311. The van der Waals surface area contributed by atoms with Gasteiger partial charge >= 0.3 is 0 Å². The van der Waals surface area contributed by atoms with Crippen molar-refractivity contribution in [2.45, 2.75) is 0 Å². The minimum Gasteiger partial charge on any atom is -0.398 e. The summed E-state index contributed by atoms with van der Waals surface area (Å²) in [5, 5.41) is 0. The smallest absolute Gasteiger partial charge is 0.282 e. The fraction of sp³-hybridized carbons (Fsp3) is 0. The molecule has 0 unspecified atom stereocenters. The third kappa shape index (κ3) is 2.19. The molecule has 0 bridgehead atoms. The van der Waals surface area contributed by atoms with Gasteiger partial charge in [0.15, 0.2) is 5.96 Å². The molecule has 1 amide bonds. The fourth-order valence-electron chi connectivity index (χ4n) is 0.869. The van der Waals surface area contributed by atoms with Crippen LogP contribution in [0.5, 0.6) is 0 Å². The molecule has 13 heavy (non-hydrogen) atoms. The van der Waals surface area contributed by atoms with Crippen LogP contribution in [-0.4, -0.2) is 11.9 Å². The molecule has 0 aliphatic rings. The van der Waals surface area contributed by atoms with Crippen molar-refractivity contribution in [2.75, 3.05) is 5.73 Å². The molecule has 0 atom stereocenters. The first-order valence-electron chi connectivity index (χ1n) is 3.59. The SMILES string of the molecule is NC(N)=NC(=O)c1ccccc1N. The topological polar surface area (TPSA) is 107 Å². The third-order valence-corrected chi connectivity index (χ3v) is 1.42. The number of aliphatic imine (C=N–C) groups is 1. The number of hydrogen-bond acceptors (Lipinski definition) is 2. The van der Waals surface area contributed by atoms with Gasteiger partial charge in [0.05, 0.1) is 5.56 Å². The summed E-state index contributed by atoms with van der Waals surface area (Å²) in [6.07, 6.45) is 0.